The molecule has 0 aromatic rings. The van der Waals surface area contributed by atoms with Crippen molar-refractivity contribution in [3.8, 4) is 0 Å². The van der Waals surface area contributed by atoms with Crippen molar-refractivity contribution in [3.05, 3.63) is 23.3 Å². The Hall–Kier alpha value is -1.38. The first-order valence-corrected chi connectivity index (χ1v) is 3.17. The summed E-state index contributed by atoms with van der Waals surface area (Å²) in [5.74, 6) is -0.529. The summed E-state index contributed by atoms with van der Waals surface area (Å²) in [6, 6.07) is 0. The molecule has 0 atom stereocenters. The van der Waals surface area contributed by atoms with Crippen LogP contribution in [0.2, 0.25) is 0 Å². The summed E-state index contributed by atoms with van der Waals surface area (Å²) in [6.07, 6.45) is 1.02. The van der Waals surface area contributed by atoms with Gasteiger partial charge in [-0.2, -0.15) is 0 Å². The molecule has 0 aliphatic rings. The number of hydrogen-bond acceptors (Lipinski definition) is 2. The third kappa shape index (κ3) is 2.37. The Morgan fingerprint density at radius 1 is 1.55 bits per heavy atom. The average molecular weight is 152 g/mol. The summed E-state index contributed by atoms with van der Waals surface area (Å²) in [7, 11) is 0. The molecule has 3 nitrogen and oxygen atoms in total. The molecule has 60 valence electrons. The fourth-order valence-electron chi connectivity index (χ4n) is 0.798. The second kappa shape index (κ2) is 3.71. The number of rotatable bonds is 3. The Labute approximate surface area is 66.1 Å². The summed E-state index contributed by atoms with van der Waals surface area (Å²) >= 11 is 0. The number of nitrogens with two attached hydrogens (primary N) is 1. The fraction of sp³-hybridized carbons (Fsp3) is 0.250. The quantitative estimate of drug-likeness (QED) is 0.354. The van der Waals surface area contributed by atoms with Crippen molar-refractivity contribution < 1.29 is 4.79 Å². The lowest BCUT2D eigenvalue weighted by Crippen LogP contribution is -2.16. The number of nitrogens with one attached hydrogen (secondary N) is 1. The molecule has 0 aliphatic carbocycles. The maximum absolute atomic E-state index is 10.7. The third-order valence-corrected chi connectivity index (χ3v) is 1.24. The molecule has 0 heterocycles. The van der Waals surface area contributed by atoms with Gasteiger partial charge in [-0.05, 0) is 19.4 Å². The Morgan fingerprint density at radius 2 is 2.00 bits per heavy atom. The van der Waals surface area contributed by atoms with Crippen molar-refractivity contribution in [2.24, 2.45) is 5.73 Å². The van der Waals surface area contributed by atoms with Crippen LogP contribution >= 0.6 is 0 Å². The molecule has 0 rings (SSSR count). The molecule has 0 aromatic carbocycles. The Balaban J connectivity index is 4.94. The van der Waals surface area contributed by atoms with Crippen LogP contribution in [0.15, 0.2) is 23.3 Å². The highest BCUT2D eigenvalue weighted by Crippen LogP contribution is 2.09. The van der Waals surface area contributed by atoms with Gasteiger partial charge in [0.05, 0.1) is 0 Å². The molecule has 0 aromatic heterocycles. The van der Waals surface area contributed by atoms with Gasteiger partial charge < -0.3 is 11.1 Å². The molecule has 0 aliphatic heterocycles. The zero-order chi connectivity index (χ0) is 9.02. The smallest absolute Gasteiger partial charge is 0.249 e. The summed E-state index contributed by atoms with van der Waals surface area (Å²) < 4.78 is 0. The monoisotopic (exact) mass is 152 g/mol. The van der Waals surface area contributed by atoms with Gasteiger partial charge in [0.2, 0.25) is 5.91 Å². The van der Waals surface area contributed by atoms with Crippen LogP contribution in [0.4, 0.5) is 0 Å². The van der Waals surface area contributed by atoms with Gasteiger partial charge in [-0.25, -0.2) is 0 Å². The topological polar surface area (TPSA) is 66.9 Å². The van der Waals surface area contributed by atoms with Crippen molar-refractivity contribution in [2.45, 2.75) is 13.8 Å². The second-order valence-electron chi connectivity index (χ2n) is 2.41. The first kappa shape index (κ1) is 9.62. The minimum absolute atomic E-state index is 0.347. The lowest BCUT2D eigenvalue weighted by Gasteiger charge is -2.03. The van der Waals surface area contributed by atoms with Gasteiger partial charge in [0, 0.05) is 11.8 Å². The van der Waals surface area contributed by atoms with Gasteiger partial charge in [0.1, 0.15) is 0 Å². The Bertz CT molecular complexity index is 234. The van der Waals surface area contributed by atoms with Crippen LogP contribution in [-0.4, -0.2) is 12.1 Å². The molecule has 11 heavy (non-hydrogen) atoms. The van der Waals surface area contributed by atoms with E-state index in [1.54, 1.807) is 13.8 Å². The number of allylic oxidation sites excluding steroid dienone is 1. The minimum atomic E-state index is -0.529. The molecular weight excluding hydrogens is 140 g/mol. The SMILES string of the molecule is C=C(C=N)C(C(N)=O)=C(C)C. The largest absolute Gasteiger partial charge is 0.366 e. The minimum Gasteiger partial charge on any atom is -0.366 e. The second-order valence-corrected chi connectivity index (χ2v) is 2.41. The lowest BCUT2D eigenvalue weighted by molar-refractivity contribution is -0.114. The molecule has 0 radical (unpaired) electrons. The van der Waals surface area contributed by atoms with E-state index >= 15 is 0 Å². The lowest BCUT2D eigenvalue weighted by atomic mass is 10.0. The normalized spacial score (nSPS) is 8.55. The molecule has 3 heteroatoms. The number of hydrogen-bond donors (Lipinski definition) is 2. The van der Waals surface area contributed by atoms with Crippen molar-refractivity contribution in [3.63, 3.8) is 0 Å². The van der Waals surface area contributed by atoms with Crippen LogP contribution < -0.4 is 5.73 Å². The predicted octanol–water partition coefficient (Wildman–Crippen LogP) is 1.01. The molecular formula is C8H12N2O. The van der Waals surface area contributed by atoms with Gasteiger partial charge in [-0.1, -0.05) is 12.2 Å². The van der Waals surface area contributed by atoms with E-state index in [9.17, 15) is 4.79 Å². The molecule has 0 spiro atoms. The highest BCUT2D eigenvalue weighted by Gasteiger charge is 2.08. The van der Waals surface area contributed by atoms with Crippen LogP contribution in [-0.2, 0) is 4.79 Å². The van der Waals surface area contributed by atoms with E-state index in [-0.39, 0.29) is 0 Å². The standard InChI is InChI=1S/C8H12N2O/c1-5(2)7(8(10)11)6(3)4-9/h4,9H,3H2,1-2H3,(H2,10,11). The van der Waals surface area contributed by atoms with E-state index < -0.39 is 5.91 Å². The van der Waals surface area contributed by atoms with E-state index in [1.807, 2.05) is 0 Å². The highest BCUT2D eigenvalue weighted by molar-refractivity contribution is 6.04. The van der Waals surface area contributed by atoms with Crippen molar-refractivity contribution in [2.75, 3.05) is 0 Å². The fourth-order valence-corrected chi connectivity index (χ4v) is 0.798. The predicted molar refractivity (Wildman–Crippen MR) is 45.5 cm³/mol. The first-order chi connectivity index (χ1) is 5.00. The van der Waals surface area contributed by atoms with Crippen LogP contribution in [0, 0.1) is 5.41 Å². The Morgan fingerprint density at radius 3 is 2.09 bits per heavy atom. The van der Waals surface area contributed by atoms with E-state index in [4.69, 9.17) is 11.1 Å². The van der Waals surface area contributed by atoms with Gasteiger partial charge in [0.25, 0.3) is 0 Å². The maximum atomic E-state index is 10.7. The summed E-state index contributed by atoms with van der Waals surface area (Å²) in [5.41, 5.74) is 6.54. The van der Waals surface area contributed by atoms with Gasteiger partial charge in [0.15, 0.2) is 0 Å². The van der Waals surface area contributed by atoms with Gasteiger partial charge in [-0.15, -0.1) is 0 Å². The van der Waals surface area contributed by atoms with E-state index in [0.717, 1.165) is 11.8 Å². The average Bonchev–Trinajstić information content (AvgIpc) is 1.85. The molecule has 0 fully saturated rings. The van der Waals surface area contributed by atoms with Gasteiger partial charge >= 0.3 is 0 Å². The van der Waals surface area contributed by atoms with Crippen LogP contribution in [0.3, 0.4) is 0 Å². The first-order valence-electron chi connectivity index (χ1n) is 3.17. The van der Waals surface area contributed by atoms with E-state index in [0.29, 0.717) is 11.1 Å². The highest BCUT2D eigenvalue weighted by atomic mass is 16.1. The van der Waals surface area contributed by atoms with E-state index in [2.05, 4.69) is 6.58 Å². The van der Waals surface area contributed by atoms with Crippen molar-refractivity contribution in [1.82, 2.24) is 0 Å². The van der Waals surface area contributed by atoms with Crippen molar-refractivity contribution in [1.29, 1.82) is 5.41 Å². The van der Waals surface area contributed by atoms with Crippen molar-refractivity contribution >= 4 is 12.1 Å². The molecule has 3 N–H and O–H groups in total. The number of amides is 1. The van der Waals surface area contributed by atoms with Crippen LogP contribution in [0.25, 0.3) is 0 Å². The summed E-state index contributed by atoms with van der Waals surface area (Å²) in [4.78, 5) is 10.7. The van der Waals surface area contributed by atoms with Crippen LogP contribution in [0.5, 0.6) is 0 Å². The third-order valence-electron chi connectivity index (χ3n) is 1.24. The summed E-state index contributed by atoms with van der Waals surface area (Å²) in [5, 5.41) is 6.86. The Kier molecular flexibility index (Phi) is 3.24. The number of primary amides is 1. The molecule has 0 unspecified atom stereocenters. The molecule has 1 amide bonds. The number of carbonyl (C=O) groups excluding carboxylic acids is 1. The zero-order valence-corrected chi connectivity index (χ0v) is 6.77. The maximum Gasteiger partial charge on any atom is 0.249 e. The zero-order valence-electron chi connectivity index (χ0n) is 6.77. The molecule has 0 bridgehead atoms. The molecule has 0 saturated heterocycles. The van der Waals surface area contributed by atoms with E-state index in [1.165, 1.54) is 0 Å². The molecule has 0 saturated carbocycles. The summed E-state index contributed by atoms with van der Waals surface area (Å²) in [6.45, 7) is 7.03. The van der Waals surface area contributed by atoms with Gasteiger partial charge in [-0.3, -0.25) is 4.79 Å². The van der Waals surface area contributed by atoms with Crippen LogP contribution in [0.1, 0.15) is 13.8 Å². The number of carbonyl (C=O) groups is 1.